The van der Waals surface area contributed by atoms with Gasteiger partial charge >= 0.3 is 0 Å². The number of nitrogens with zero attached hydrogens (tertiary/aromatic N) is 2. The fraction of sp³-hybridized carbons (Fsp3) is 0.105. The van der Waals surface area contributed by atoms with E-state index in [4.69, 9.17) is 10.00 Å². The number of nitriles is 1. The first-order chi connectivity index (χ1) is 11.7. The molecule has 1 aliphatic rings. The van der Waals surface area contributed by atoms with Crippen LogP contribution in [0.5, 0.6) is 5.75 Å². The summed E-state index contributed by atoms with van der Waals surface area (Å²) in [5, 5.41) is 8.81. The van der Waals surface area contributed by atoms with Crippen molar-refractivity contribution in [3.05, 3.63) is 66.2 Å². The number of imide groups is 1. The Labute approximate surface area is 139 Å². The Morgan fingerprint density at radius 2 is 1.42 bits per heavy atom. The number of ether oxygens (including phenoxy) is 1. The summed E-state index contributed by atoms with van der Waals surface area (Å²) in [6, 6.07) is 16.9. The van der Waals surface area contributed by atoms with E-state index < -0.39 is 0 Å². The lowest BCUT2D eigenvalue weighted by atomic mass is 10.0. The minimum atomic E-state index is -0.306. The summed E-state index contributed by atoms with van der Waals surface area (Å²) < 4.78 is 5.58. The van der Waals surface area contributed by atoms with Gasteiger partial charge in [-0.25, -0.2) is 0 Å². The minimum absolute atomic E-state index is 0.224. The van der Waals surface area contributed by atoms with Crippen molar-refractivity contribution in [3.63, 3.8) is 0 Å². The number of carbonyl (C=O) groups is 2. The molecule has 0 spiro atoms. The average molecular weight is 318 g/mol. The predicted octanol–water partition coefficient (Wildman–Crippen LogP) is 2.53. The Balaban J connectivity index is 1.57. The van der Waals surface area contributed by atoms with Crippen LogP contribution in [-0.2, 0) is 9.59 Å². The summed E-state index contributed by atoms with van der Waals surface area (Å²) in [6.07, 6.45) is 2.52. The van der Waals surface area contributed by atoms with E-state index >= 15 is 0 Å². The predicted molar refractivity (Wildman–Crippen MR) is 87.9 cm³/mol. The van der Waals surface area contributed by atoms with Gasteiger partial charge in [0.2, 0.25) is 0 Å². The lowest BCUT2D eigenvalue weighted by molar-refractivity contribution is -0.137. The first-order valence-corrected chi connectivity index (χ1v) is 7.44. The molecule has 0 saturated carbocycles. The quantitative estimate of drug-likeness (QED) is 0.794. The molecule has 0 aliphatic carbocycles. The average Bonchev–Trinajstić information content (AvgIpc) is 2.94. The van der Waals surface area contributed by atoms with Gasteiger partial charge in [-0.05, 0) is 35.4 Å². The number of hydrogen-bond donors (Lipinski definition) is 0. The van der Waals surface area contributed by atoms with Gasteiger partial charge in [-0.3, -0.25) is 14.5 Å². The molecule has 2 aromatic carbocycles. The maximum atomic E-state index is 11.4. The molecule has 3 rings (SSSR count). The van der Waals surface area contributed by atoms with Crippen LogP contribution in [0.1, 0.15) is 5.56 Å². The van der Waals surface area contributed by atoms with Gasteiger partial charge in [0.1, 0.15) is 12.4 Å². The van der Waals surface area contributed by atoms with Gasteiger partial charge in [0, 0.05) is 12.2 Å². The summed E-state index contributed by atoms with van der Waals surface area (Å²) in [4.78, 5) is 24.0. The van der Waals surface area contributed by atoms with E-state index in [-0.39, 0.29) is 25.0 Å². The molecule has 2 aromatic rings. The maximum Gasteiger partial charge on any atom is 0.253 e. The van der Waals surface area contributed by atoms with Crippen LogP contribution in [0.2, 0.25) is 0 Å². The molecule has 2 amide bonds. The topological polar surface area (TPSA) is 70.4 Å². The van der Waals surface area contributed by atoms with Crippen LogP contribution in [0.25, 0.3) is 11.1 Å². The van der Waals surface area contributed by atoms with Crippen LogP contribution in [0.3, 0.4) is 0 Å². The van der Waals surface area contributed by atoms with Crippen LogP contribution in [0.4, 0.5) is 0 Å². The summed E-state index contributed by atoms with van der Waals surface area (Å²) in [6.45, 7) is 0.470. The van der Waals surface area contributed by atoms with Gasteiger partial charge in [-0.2, -0.15) is 5.26 Å². The second-order valence-electron chi connectivity index (χ2n) is 5.22. The van der Waals surface area contributed by atoms with E-state index in [1.54, 1.807) is 12.1 Å². The van der Waals surface area contributed by atoms with E-state index in [1.807, 2.05) is 36.4 Å². The van der Waals surface area contributed by atoms with Crippen molar-refractivity contribution in [1.82, 2.24) is 4.90 Å². The number of benzene rings is 2. The van der Waals surface area contributed by atoms with Crippen LogP contribution >= 0.6 is 0 Å². The minimum Gasteiger partial charge on any atom is -0.492 e. The SMILES string of the molecule is N#Cc1ccc(-c2ccc(OCCN3C(=O)C=CC3=O)cc2)cc1. The third-order valence-corrected chi connectivity index (χ3v) is 3.69. The molecule has 0 aromatic heterocycles. The van der Waals surface area contributed by atoms with E-state index in [2.05, 4.69) is 6.07 Å². The zero-order chi connectivity index (χ0) is 16.9. The molecule has 0 atom stereocenters. The second kappa shape index (κ2) is 6.80. The van der Waals surface area contributed by atoms with Crippen molar-refractivity contribution >= 4 is 11.8 Å². The Kier molecular flexibility index (Phi) is 4.39. The summed E-state index contributed by atoms with van der Waals surface area (Å²) >= 11 is 0. The van der Waals surface area contributed by atoms with E-state index in [1.165, 1.54) is 12.2 Å². The van der Waals surface area contributed by atoms with E-state index in [0.717, 1.165) is 16.0 Å². The maximum absolute atomic E-state index is 11.4. The van der Waals surface area contributed by atoms with Gasteiger partial charge < -0.3 is 4.74 Å². The zero-order valence-electron chi connectivity index (χ0n) is 12.8. The summed E-state index contributed by atoms with van der Waals surface area (Å²) in [7, 11) is 0. The van der Waals surface area contributed by atoms with Gasteiger partial charge in [0.15, 0.2) is 0 Å². The third-order valence-electron chi connectivity index (χ3n) is 3.69. The monoisotopic (exact) mass is 318 g/mol. The molecule has 0 fully saturated rings. The summed E-state index contributed by atoms with van der Waals surface area (Å²) in [5.41, 5.74) is 2.65. The van der Waals surface area contributed by atoms with Crippen molar-refractivity contribution in [2.45, 2.75) is 0 Å². The lowest BCUT2D eigenvalue weighted by Crippen LogP contribution is -2.33. The molecule has 1 heterocycles. The molecule has 0 bridgehead atoms. The number of rotatable bonds is 5. The van der Waals surface area contributed by atoms with Crippen molar-refractivity contribution in [3.8, 4) is 22.9 Å². The first kappa shape index (κ1) is 15.5. The fourth-order valence-corrected chi connectivity index (χ4v) is 2.39. The molecule has 5 nitrogen and oxygen atoms in total. The Hall–Kier alpha value is -3.39. The normalized spacial score (nSPS) is 13.2. The zero-order valence-corrected chi connectivity index (χ0v) is 12.8. The molecule has 0 saturated heterocycles. The van der Waals surface area contributed by atoms with Gasteiger partial charge in [-0.15, -0.1) is 0 Å². The third kappa shape index (κ3) is 3.33. The highest BCUT2D eigenvalue weighted by Gasteiger charge is 2.22. The molecule has 5 heteroatoms. The van der Waals surface area contributed by atoms with Gasteiger partial charge in [0.05, 0.1) is 18.2 Å². The largest absolute Gasteiger partial charge is 0.492 e. The van der Waals surface area contributed by atoms with Gasteiger partial charge in [-0.1, -0.05) is 24.3 Å². The Bertz CT molecular complexity index is 812. The number of carbonyl (C=O) groups excluding carboxylic acids is 2. The first-order valence-electron chi connectivity index (χ1n) is 7.44. The Morgan fingerprint density at radius 1 is 0.875 bits per heavy atom. The molecule has 0 N–H and O–H groups in total. The fourth-order valence-electron chi connectivity index (χ4n) is 2.39. The summed E-state index contributed by atoms with van der Waals surface area (Å²) in [5.74, 6) is 0.0546. The van der Waals surface area contributed by atoms with Crippen molar-refractivity contribution in [1.29, 1.82) is 5.26 Å². The molecule has 1 aliphatic heterocycles. The molecule has 0 unspecified atom stereocenters. The van der Waals surface area contributed by atoms with Crippen molar-refractivity contribution in [2.24, 2.45) is 0 Å². The highest BCUT2D eigenvalue weighted by molar-refractivity contribution is 6.12. The standard InChI is InChI=1S/C19H14N2O3/c20-13-14-1-3-15(4-2-14)16-5-7-17(8-6-16)24-12-11-21-18(22)9-10-19(21)23/h1-10H,11-12H2. The molecular formula is C19H14N2O3. The van der Waals surface area contributed by atoms with E-state index in [9.17, 15) is 9.59 Å². The second-order valence-corrected chi connectivity index (χ2v) is 5.22. The van der Waals surface area contributed by atoms with Crippen LogP contribution in [0, 0.1) is 11.3 Å². The van der Waals surface area contributed by atoms with Crippen molar-refractivity contribution < 1.29 is 14.3 Å². The Morgan fingerprint density at radius 3 is 1.96 bits per heavy atom. The van der Waals surface area contributed by atoms with Gasteiger partial charge in [0.25, 0.3) is 11.8 Å². The highest BCUT2D eigenvalue weighted by atomic mass is 16.5. The highest BCUT2D eigenvalue weighted by Crippen LogP contribution is 2.22. The molecule has 24 heavy (non-hydrogen) atoms. The lowest BCUT2D eigenvalue weighted by Gasteiger charge is -2.14. The van der Waals surface area contributed by atoms with Crippen LogP contribution in [-0.4, -0.2) is 29.9 Å². The smallest absolute Gasteiger partial charge is 0.253 e. The van der Waals surface area contributed by atoms with Crippen molar-refractivity contribution in [2.75, 3.05) is 13.2 Å². The molecule has 0 radical (unpaired) electrons. The molecular weight excluding hydrogens is 304 g/mol. The number of amides is 2. The van der Waals surface area contributed by atoms with Crippen LogP contribution < -0.4 is 4.74 Å². The number of hydrogen-bond acceptors (Lipinski definition) is 4. The molecule has 118 valence electrons. The van der Waals surface area contributed by atoms with E-state index in [0.29, 0.717) is 11.3 Å². The van der Waals surface area contributed by atoms with Crippen LogP contribution in [0.15, 0.2) is 60.7 Å².